The molecule has 120 valence electrons. The molecule has 2 aromatic rings. The fourth-order valence-electron chi connectivity index (χ4n) is 3.22. The molecule has 23 heavy (non-hydrogen) atoms. The first-order valence-corrected chi connectivity index (χ1v) is 8.18. The molecule has 0 radical (unpaired) electrons. The molecule has 3 heterocycles. The van der Waals surface area contributed by atoms with Crippen molar-refractivity contribution in [3.05, 3.63) is 46.9 Å². The van der Waals surface area contributed by atoms with Gasteiger partial charge in [-0.15, -0.1) is 0 Å². The highest BCUT2D eigenvalue weighted by molar-refractivity contribution is 5.52. The summed E-state index contributed by atoms with van der Waals surface area (Å²) in [4.78, 5) is 9.24. The van der Waals surface area contributed by atoms with Gasteiger partial charge >= 0.3 is 0 Å². The molecule has 1 aromatic heterocycles. The molecule has 0 aliphatic carbocycles. The first-order chi connectivity index (χ1) is 11.3. The number of aromatic nitrogens is 2. The molecule has 0 amide bonds. The number of aryl methyl sites for hydroxylation is 1. The predicted octanol–water partition coefficient (Wildman–Crippen LogP) is 2.72. The molecule has 1 N–H and O–H groups in total. The van der Waals surface area contributed by atoms with Crippen molar-refractivity contribution in [3.8, 4) is 5.75 Å². The first-order valence-electron chi connectivity index (χ1n) is 8.18. The Labute approximate surface area is 136 Å². The van der Waals surface area contributed by atoms with E-state index in [1.54, 1.807) is 0 Å². The maximum Gasteiger partial charge on any atom is 0.133 e. The molecule has 5 nitrogen and oxygen atoms in total. The average molecular weight is 311 g/mol. The van der Waals surface area contributed by atoms with Gasteiger partial charge in [0, 0.05) is 31.1 Å². The molecule has 0 bridgehead atoms. The minimum absolute atomic E-state index is 0.497. The molecule has 0 saturated carbocycles. The van der Waals surface area contributed by atoms with Crippen LogP contribution in [0, 0.1) is 12.8 Å². The van der Waals surface area contributed by atoms with E-state index in [1.165, 1.54) is 5.56 Å². The average Bonchev–Trinajstić information content (AvgIpc) is 3.00. The second-order valence-corrected chi connectivity index (χ2v) is 6.23. The zero-order chi connectivity index (χ0) is 15.6. The van der Waals surface area contributed by atoms with Gasteiger partial charge in [0.15, 0.2) is 0 Å². The van der Waals surface area contributed by atoms with Gasteiger partial charge in [-0.05, 0) is 25.0 Å². The molecule has 2 aliphatic rings. The maximum atomic E-state index is 5.92. The van der Waals surface area contributed by atoms with Gasteiger partial charge in [0.2, 0.25) is 0 Å². The van der Waals surface area contributed by atoms with Crippen LogP contribution >= 0.6 is 0 Å². The highest BCUT2D eigenvalue weighted by Gasteiger charge is 2.21. The Balaban J connectivity index is 1.64. The molecule has 0 unspecified atom stereocenters. The molecular formula is C18H21N3O2. The second kappa shape index (κ2) is 6.16. The standard InChI is InChI=1S/C18H21N3O2/c1-12-20-16-11-23-17-5-3-2-4-14(17)8-15(16)18(21-12)19-9-13-6-7-22-10-13/h2-5,13H,6-11H2,1H3,(H,19,20,21)/t13-/m1/s1. The summed E-state index contributed by atoms with van der Waals surface area (Å²) in [5.74, 6) is 3.23. The third-order valence-corrected chi connectivity index (χ3v) is 4.49. The number of benzene rings is 1. The van der Waals surface area contributed by atoms with E-state index in [0.717, 1.165) is 61.2 Å². The van der Waals surface area contributed by atoms with Gasteiger partial charge in [-0.25, -0.2) is 9.97 Å². The third-order valence-electron chi connectivity index (χ3n) is 4.49. The van der Waals surface area contributed by atoms with E-state index in [2.05, 4.69) is 21.4 Å². The first kappa shape index (κ1) is 14.5. The van der Waals surface area contributed by atoms with Crippen LogP contribution in [0.5, 0.6) is 5.75 Å². The molecule has 1 atom stereocenters. The van der Waals surface area contributed by atoms with Gasteiger partial charge in [-0.2, -0.15) is 0 Å². The van der Waals surface area contributed by atoms with Crippen molar-refractivity contribution in [2.24, 2.45) is 5.92 Å². The van der Waals surface area contributed by atoms with Crippen molar-refractivity contribution in [1.29, 1.82) is 0 Å². The van der Waals surface area contributed by atoms with Crippen molar-refractivity contribution in [1.82, 2.24) is 9.97 Å². The van der Waals surface area contributed by atoms with Crippen LogP contribution in [0.4, 0.5) is 5.82 Å². The minimum atomic E-state index is 0.497. The molecule has 5 heteroatoms. The number of hydrogen-bond donors (Lipinski definition) is 1. The normalized spacial score (nSPS) is 19.4. The van der Waals surface area contributed by atoms with E-state index in [9.17, 15) is 0 Å². The van der Waals surface area contributed by atoms with Crippen LogP contribution in [0.3, 0.4) is 0 Å². The van der Waals surface area contributed by atoms with Crippen LogP contribution < -0.4 is 10.1 Å². The van der Waals surface area contributed by atoms with Crippen LogP contribution in [0.1, 0.15) is 29.1 Å². The summed E-state index contributed by atoms with van der Waals surface area (Å²) in [7, 11) is 0. The summed E-state index contributed by atoms with van der Waals surface area (Å²) < 4.78 is 11.4. The van der Waals surface area contributed by atoms with Crippen LogP contribution in [-0.4, -0.2) is 29.7 Å². The Hall–Kier alpha value is -2.14. The highest BCUT2D eigenvalue weighted by atomic mass is 16.5. The molecule has 0 spiro atoms. The number of ether oxygens (including phenoxy) is 2. The lowest BCUT2D eigenvalue weighted by Crippen LogP contribution is -2.17. The fourth-order valence-corrected chi connectivity index (χ4v) is 3.22. The Morgan fingerprint density at radius 3 is 3.04 bits per heavy atom. The smallest absolute Gasteiger partial charge is 0.133 e. The molecular weight excluding hydrogens is 290 g/mol. The predicted molar refractivity (Wildman–Crippen MR) is 87.8 cm³/mol. The largest absolute Gasteiger partial charge is 0.487 e. The summed E-state index contributed by atoms with van der Waals surface area (Å²) >= 11 is 0. The lowest BCUT2D eigenvalue weighted by molar-refractivity contribution is 0.187. The van der Waals surface area contributed by atoms with E-state index in [4.69, 9.17) is 9.47 Å². The van der Waals surface area contributed by atoms with Crippen LogP contribution in [-0.2, 0) is 17.8 Å². The zero-order valence-corrected chi connectivity index (χ0v) is 13.3. The quantitative estimate of drug-likeness (QED) is 0.944. The van der Waals surface area contributed by atoms with Gasteiger partial charge in [-0.1, -0.05) is 18.2 Å². The lowest BCUT2D eigenvalue weighted by atomic mass is 10.0. The fraction of sp³-hybridized carbons (Fsp3) is 0.444. The van der Waals surface area contributed by atoms with Crippen molar-refractivity contribution >= 4 is 5.82 Å². The van der Waals surface area contributed by atoms with Crippen LogP contribution in [0.15, 0.2) is 24.3 Å². The Kier molecular flexibility index (Phi) is 3.87. The highest BCUT2D eigenvalue weighted by Crippen LogP contribution is 2.30. The van der Waals surface area contributed by atoms with Gasteiger partial charge in [0.05, 0.1) is 12.3 Å². The van der Waals surface area contributed by atoms with Gasteiger partial charge in [0.1, 0.15) is 24.0 Å². The molecule has 1 fully saturated rings. The number of nitrogens with zero attached hydrogens (tertiary/aromatic N) is 2. The Morgan fingerprint density at radius 1 is 1.26 bits per heavy atom. The second-order valence-electron chi connectivity index (χ2n) is 6.23. The number of fused-ring (bicyclic) bond motifs is 2. The van der Waals surface area contributed by atoms with E-state index in [0.29, 0.717) is 12.5 Å². The molecule has 1 aromatic carbocycles. The molecule has 4 rings (SSSR count). The number of rotatable bonds is 3. The maximum absolute atomic E-state index is 5.92. The Morgan fingerprint density at radius 2 is 2.17 bits per heavy atom. The van der Waals surface area contributed by atoms with Gasteiger partial charge < -0.3 is 14.8 Å². The lowest BCUT2D eigenvalue weighted by Gasteiger charge is -2.15. The summed E-state index contributed by atoms with van der Waals surface area (Å²) in [6, 6.07) is 8.18. The van der Waals surface area contributed by atoms with Gasteiger partial charge in [0.25, 0.3) is 0 Å². The Bertz CT molecular complexity index is 711. The summed E-state index contributed by atoms with van der Waals surface area (Å²) in [5, 5.41) is 3.53. The zero-order valence-electron chi connectivity index (χ0n) is 13.3. The van der Waals surface area contributed by atoms with Crippen molar-refractivity contribution in [2.45, 2.75) is 26.4 Å². The van der Waals surface area contributed by atoms with Crippen LogP contribution in [0.2, 0.25) is 0 Å². The topological polar surface area (TPSA) is 56.3 Å². The summed E-state index contributed by atoms with van der Waals surface area (Å²) in [6.07, 6.45) is 1.92. The van der Waals surface area contributed by atoms with E-state index in [1.807, 2.05) is 25.1 Å². The molecule has 1 saturated heterocycles. The summed E-state index contributed by atoms with van der Waals surface area (Å²) in [5.41, 5.74) is 3.32. The minimum Gasteiger partial charge on any atom is -0.487 e. The summed E-state index contributed by atoms with van der Waals surface area (Å²) in [6.45, 7) is 5.03. The van der Waals surface area contributed by atoms with Gasteiger partial charge in [-0.3, -0.25) is 0 Å². The van der Waals surface area contributed by atoms with Crippen molar-refractivity contribution < 1.29 is 9.47 Å². The number of nitrogens with one attached hydrogen (secondary N) is 1. The molecule has 2 aliphatic heterocycles. The van der Waals surface area contributed by atoms with E-state index < -0.39 is 0 Å². The third kappa shape index (κ3) is 3.01. The SMILES string of the molecule is Cc1nc2c(c(NC[C@H]3CCOC3)n1)Cc1ccccc1OC2. The monoisotopic (exact) mass is 311 g/mol. The van der Waals surface area contributed by atoms with E-state index >= 15 is 0 Å². The number of para-hydroxylation sites is 1. The number of hydrogen-bond acceptors (Lipinski definition) is 5. The van der Waals surface area contributed by atoms with Crippen molar-refractivity contribution in [2.75, 3.05) is 25.1 Å². The van der Waals surface area contributed by atoms with Crippen LogP contribution in [0.25, 0.3) is 0 Å². The number of anilines is 1. The van der Waals surface area contributed by atoms with E-state index in [-0.39, 0.29) is 0 Å². The van der Waals surface area contributed by atoms with Crippen molar-refractivity contribution in [3.63, 3.8) is 0 Å².